The molecule has 0 aliphatic carbocycles. The van der Waals surface area contributed by atoms with Crippen molar-refractivity contribution in [3.63, 3.8) is 0 Å². The third-order valence-corrected chi connectivity index (χ3v) is 3.94. The Morgan fingerprint density at radius 1 is 1.17 bits per heavy atom. The van der Waals surface area contributed by atoms with Crippen LogP contribution in [0.2, 0.25) is 10.0 Å². The van der Waals surface area contributed by atoms with Gasteiger partial charge in [-0.25, -0.2) is 0 Å². The van der Waals surface area contributed by atoms with Crippen LogP contribution < -0.4 is 4.90 Å². The first-order chi connectivity index (χ1) is 8.61. The monoisotopic (exact) mass is 286 g/mol. The molecule has 1 amide bonds. The van der Waals surface area contributed by atoms with Crippen molar-refractivity contribution < 1.29 is 4.79 Å². The number of amides is 1. The molecule has 1 aliphatic heterocycles. The smallest absolute Gasteiger partial charge is 0.222 e. The van der Waals surface area contributed by atoms with Gasteiger partial charge < -0.3 is 9.80 Å². The summed E-state index contributed by atoms with van der Waals surface area (Å²) in [6.07, 6.45) is 0.576. The summed E-state index contributed by atoms with van der Waals surface area (Å²) in [5.41, 5.74) is 1.06. The molecule has 0 unspecified atom stereocenters. The van der Waals surface area contributed by atoms with Gasteiger partial charge in [0.25, 0.3) is 0 Å². The van der Waals surface area contributed by atoms with E-state index in [0.29, 0.717) is 16.5 Å². The van der Waals surface area contributed by atoms with Crippen LogP contribution in [0.5, 0.6) is 0 Å². The van der Waals surface area contributed by atoms with Crippen molar-refractivity contribution in [2.45, 2.75) is 13.3 Å². The maximum Gasteiger partial charge on any atom is 0.222 e. The molecule has 0 radical (unpaired) electrons. The molecule has 1 heterocycles. The molecule has 1 aliphatic rings. The summed E-state index contributed by atoms with van der Waals surface area (Å²) in [6.45, 7) is 5.11. The summed E-state index contributed by atoms with van der Waals surface area (Å²) in [5, 5.41) is 1.14. The van der Waals surface area contributed by atoms with Crippen molar-refractivity contribution in [2.75, 3.05) is 31.1 Å². The maximum atomic E-state index is 11.6. The van der Waals surface area contributed by atoms with Gasteiger partial charge in [0, 0.05) is 38.3 Å². The topological polar surface area (TPSA) is 23.6 Å². The summed E-state index contributed by atoms with van der Waals surface area (Å²) >= 11 is 11.9. The lowest BCUT2D eigenvalue weighted by molar-refractivity contribution is -0.131. The van der Waals surface area contributed by atoms with E-state index in [1.165, 1.54) is 0 Å². The normalized spacial score (nSPS) is 15.9. The molecule has 0 bridgehead atoms. The minimum absolute atomic E-state index is 0.226. The van der Waals surface area contributed by atoms with Crippen LogP contribution in [0, 0.1) is 0 Å². The fourth-order valence-corrected chi connectivity index (χ4v) is 2.41. The summed E-state index contributed by atoms with van der Waals surface area (Å²) in [5.74, 6) is 0.226. The van der Waals surface area contributed by atoms with Crippen LogP contribution in [0.3, 0.4) is 0 Å². The molecule has 0 N–H and O–H groups in total. The van der Waals surface area contributed by atoms with E-state index in [9.17, 15) is 4.79 Å². The average Bonchev–Trinajstić information content (AvgIpc) is 2.41. The van der Waals surface area contributed by atoms with Gasteiger partial charge in [-0.3, -0.25) is 4.79 Å². The van der Waals surface area contributed by atoms with Gasteiger partial charge in [-0.05, 0) is 18.2 Å². The molecule has 1 saturated heterocycles. The molecule has 1 fully saturated rings. The number of hydrogen-bond acceptors (Lipinski definition) is 2. The van der Waals surface area contributed by atoms with Gasteiger partial charge in [-0.1, -0.05) is 30.1 Å². The number of hydrogen-bond donors (Lipinski definition) is 0. The Morgan fingerprint density at radius 2 is 1.83 bits per heavy atom. The van der Waals surface area contributed by atoms with E-state index in [4.69, 9.17) is 23.2 Å². The SMILES string of the molecule is CCC(=O)N1CCN(c2ccc(Cl)c(Cl)c2)CC1. The van der Waals surface area contributed by atoms with Crippen LogP contribution in [-0.2, 0) is 4.79 Å². The number of anilines is 1. The number of piperazine rings is 1. The molecule has 1 aromatic carbocycles. The summed E-state index contributed by atoms with van der Waals surface area (Å²) < 4.78 is 0. The van der Waals surface area contributed by atoms with Gasteiger partial charge in [0.2, 0.25) is 5.91 Å². The Hall–Kier alpha value is -0.930. The Balaban J connectivity index is 2.01. The number of halogens is 2. The highest BCUT2D eigenvalue weighted by molar-refractivity contribution is 6.42. The third kappa shape index (κ3) is 2.90. The van der Waals surface area contributed by atoms with E-state index in [2.05, 4.69) is 4.90 Å². The number of rotatable bonds is 2. The quantitative estimate of drug-likeness (QED) is 0.834. The number of carbonyl (C=O) groups excluding carboxylic acids is 1. The van der Waals surface area contributed by atoms with E-state index in [-0.39, 0.29) is 5.91 Å². The Morgan fingerprint density at radius 3 is 2.39 bits per heavy atom. The first-order valence-electron chi connectivity index (χ1n) is 6.09. The highest BCUT2D eigenvalue weighted by atomic mass is 35.5. The lowest BCUT2D eigenvalue weighted by Gasteiger charge is -2.36. The predicted molar refractivity (Wildman–Crippen MR) is 75.5 cm³/mol. The van der Waals surface area contributed by atoms with E-state index in [0.717, 1.165) is 31.9 Å². The molecule has 0 spiro atoms. The van der Waals surface area contributed by atoms with Gasteiger partial charge in [-0.15, -0.1) is 0 Å². The molecule has 0 aromatic heterocycles. The van der Waals surface area contributed by atoms with Crippen molar-refractivity contribution in [1.29, 1.82) is 0 Å². The van der Waals surface area contributed by atoms with E-state index in [1.54, 1.807) is 0 Å². The van der Waals surface area contributed by atoms with Gasteiger partial charge in [0.05, 0.1) is 10.0 Å². The minimum Gasteiger partial charge on any atom is -0.368 e. The predicted octanol–water partition coefficient (Wildman–Crippen LogP) is 3.05. The number of benzene rings is 1. The van der Waals surface area contributed by atoms with E-state index < -0.39 is 0 Å². The van der Waals surface area contributed by atoms with Crippen LogP contribution in [0.15, 0.2) is 18.2 Å². The molecule has 2 rings (SSSR count). The first kappa shape index (κ1) is 13.5. The fraction of sp³-hybridized carbons (Fsp3) is 0.462. The second-order valence-electron chi connectivity index (χ2n) is 4.32. The maximum absolute atomic E-state index is 11.6. The molecule has 1 aromatic rings. The third-order valence-electron chi connectivity index (χ3n) is 3.20. The minimum atomic E-state index is 0.226. The highest BCUT2D eigenvalue weighted by Crippen LogP contribution is 2.27. The Kier molecular flexibility index (Phi) is 4.36. The molecule has 3 nitrogen and oxygen atoms in total. The molecule has 0 saturated carbocycles. The molecule has 98 valence electrons. The highest BCUT2D eigenvalue weighted by Gasteiger charge is 2.20. The van der Waals surface area contributed by atoms with Crippen molar-refractivity contribution in [1.82, 2.24) is 4.90 Å². The van der Waals surface area contributed by atoms with Crippen molar-refractivity contribution in [3.8, 4) is 0 Å². The van der Waals surface area contributed by atoms with Gasteiger partial charge in [0.1, 0.15) is 0 Å². The van der Waals surface area contributed by atoms with Crippen molar-refractivity contribution in [2.24, 2.45) is 0 Å². The largest absolute Gasteiger partial charge is 0.368 e. The zero-order valence-corrected chi connectivity index (χ0v) is 11.8. The zero-order valence-electron chi connectivity index (χ0n) is 10.3. The van der Waals surface area contributed by atoms with Crippen LogP contribution in [0.4, 0.5) is 5.69 Å². The molecular weight excluding hydrogens is 271 g/mol. The summed E-state index contributed by atoms with van der Waals surface area (Å²) in [7, 11) is 0. The molecular formula is C13H16Cl2N2O. The Bertz CT molecular complexity index is 443. The van der Waals surface area contributed by atoms with Gasteiger partial charge in [-0.2, -0.15) is 0 Å². The molecule has 18 heavy (non-hydrogen) atoms. The Labute approximate surface area is 117 Å². The number of nitrogens with zero attached hydrogens (tertiary/aromatic N) is 2. The van der Waals surface area contributed by atoms with Crippen LogP contribution in [-0.4, -0.2) is 37.0 Å². The van der Waals surface area contributed by atoms with E-state index in [1.807, 2.05) is 30.0 Å². The van der Waals surface area contributed by atoms with Crippen LogP contribution in [0.25, 0.3) is 0 Å². The van der Waals surface area contributed by atoms with Gasteiger partial charge >= 0.3 is 0 Å². The van der Waals surface area contributed by atoms with Crippen LogP contribution >= 0.6 is 23.2 Å². The lowest BCUT2D eigenvalue weighted by Crippen LogP contribution is -2.48. The second-order valence-corrected chi connectivity index (χ2v) is 5.13. The summed E-state index contributed by atoms with van der Waals surface area (Å²) in [4.78, 5) is 15.7. The standard InChI is InChI=1S/C13H16Cl2N2O/c1-2-13(18)17-7-5-16(6-8-17)10-3-4-11(14)12(15)9-10/h3-4,9H,2,5-8H2,1H3. The first-order valence-corrected chi connectivity index (χ1v) is 6.85. The zero-order chi connectivity index (χ0) is 13.1. The summed E-state index contributed by atoms with van der Waals surface area (Å²) in [6, 6.07) is 5.65. The van der Waals surface area contributed by atoms with Crippen molar-refractivity contribution >= 4 is 34.8 Å². The molecule has 0 atom stereocenters. The van der Waals surface area contributed by atoms with E-state index >= 15 is 0 Å². The van der Waals surface area contributed by atoms with Crippen molar-refractivity contribution in [3.05, 3.63) is 28.2 Å². The molecule has 5 heteroatoms. The fourth-order valence-electron chi connectivity index (χ4n) is 2.12. The average molecular weight is 287 g/mol. The second kappa shape index (κ2) is 5.81. The van der Waals surface area contributed by atoms with Crippen LogP contribution in [0.1, 0.15) is 13.3 Å². The van der Waals surface area contributed by atoms with Gasteiger partial charge in [0.15, 0.2) is 0 Å². The lowest BCUT2D eigenvalue weighted by atomic mass is 10.2. The number of carbonyl (C=O) groups is 1.